The minimum absolute atomic E-state index is 0.0302. The number of nitrogens with zero attached hydrogens (tertiary/aromatic N) is 1. The SMILES string of the molecule is C[C@@](NS(=O)(=O)c1ccc2ccccc2c1)(C(=O)NCC1CCCN(C(=N)N)C1)c1cccs1. The second-order valence-electron chi connectivity index (χ2n) is 8.77. The number of rotatable bonds is 7. The maximum Gasteiger partial charge on any atom is 0.246 e. The fraction of sp³-hybridized carbons (Fsp3) is 0.333. The van der Waals surface area contributed by atoms with E-state index in [1.54, 1.807) is 42.2 Å². The summed E-state index contributed by atoms with van der Waals surface area (Å²) in [6.45, 7) is 3.29. The van der Waals surface area contributed by atoms with Crippen molar-refractivity contribution in [3.05, 3.63) is 64.9 Å². The Balaban J connectivity index is 1.55. The van der Waals surface area contributed by atoms with Crippen LogP contribution < -0.4 is 15.8 Å². The quantitative estimate of drug-likeness (QED) is 0.294. The highest BCUT2D eigenvalue weighted by Crippen LogP contribution is 2.29. The summed E-state index contributed by atoms with van der Waals surface area (Å²) in [6.07, 6.45) is 1.79. The van der Waals surface area contributed by atoms with Crippen LogP contribution in [0.4, 0.5) is 0 Å². The summed E-state index contributed by atoms with van der Waals surface area (Å²) in [7, 11) is -4.00. The van der Waals surface area contributed by atoms with Crippen molar-refractivity contribution in [2.45, 2.75) is 30.2 Å². The highest BCUT2D eigenvalue weighted by atomic mass is 32.2. The molecule has 180 valence electrons. The average molecular weight is 500 g/mol. The third kappa shape index (κ3) is 5.08. The first-order valence-electron chi connectivity index (χ1n) is 11.1. The van der Waals surface area contributed by atoms with Gasteiger partial charge in [-0.25, -0.2) is 8.42 Å². The predicted octanol–water partition coefficient (Wildman–Crippen LogP) is 2.82. The lowest BCUT2D eigenvalue weighted by Crippen LogP contribution is -2.55. The van der Waals surface area contributed by atoms with Crippen LogP contribution in [0.3, 0.4) is 0 Å². The number of nitrogens with two attached hydrogens (primary N) is 1. The molecule has 2 heterocycles. The molecule has 5 N–H and O–H groups in total. The summed E-state index contributed by atoms with van der Waals surface area (Å²) in [4.78, 5) is 15.9. The minimum Gasteiger partial charge on any atom is -0.370 e. The first kappa shape index (κ1) is 24.2. The third-order valence-corrected chi connectivity index (χ3v) is 8.89. The molecule has 4 rings (SSSR count). The number of nitrogens with one attached hydrogen (secondary N) is 3. The average Bonchev–Trinajstić information content (AvgIpc) is 3.38. The van der Waals surface area contributed by atoms with Gasteiger partial charge in [-0.15, -0.1) is 11.3 Å². The van der Waals surface area contributed by atoms with E-state index >= 15 is 0 Å². The molecule has 8 nitrogen and oxygen atoms in total. The van der Waals surface area contributed by atoms with Crippen molar-refractivity contribution < 1.29 is 13.2 Å². The molecule has 2 aromatic carbocycles. The van der Waals surface area contributed by atoms with E-state index in [-0.39, 0.29) is 16.8 Å². The molecule has 1 aliphatic rings. The van der Waals surface area contributed by atoms with Gasteiger partial charge in [0.15, 0.2) is 5.96 Å². The van der Waals surface area contributed by atoms with Crippen molar-refractivity contribution in [1.29, 1.82) is 5.41 Å². The summed E-state index contributed by atoms with van der Waals surface area (Å²) in [5, 5.41) is 14.2. The van der Waals surface area contributed by atoms with Gasteiger partial charge < -0.3 is 16.0 Å². The van der Waals surface area contributed by atoms with E-state index in [0.717, 1.165) is 30.2 Å². The predicted molar refractivity (Wildman–Crippen MR) is 135 cm³/mol. The molecule has 1 aliphatic heterocycles. The molecule has 3 aromatic rings. The van der Waals surface area contributed by atoms with Crippen LogP contribution in [0.25, 0.3) is 10.8 Å². The molecule has 0 radical (unpaired) electrons. The first-order chi connectivity index (χ1) is 16.2. The van der Waals surface area contributed by atoms with Crippen LogP contribution in [0.5, 0.6) is 0 Å². The van der Waals surface area contributed by atoms with E-state index in [2.05, 4.69) is 10.0 Å². The summed E-state index contributed by atoms with van der Waals surface area (Å²) in [5.74, 6) is -0.256. The molecule has 0 spiro atoms. The number of hydrogen-bond acceptors (Lipinski definition) is 5. The summed E-state index contributed by atoms with van der Waals surface area (Å²) >= 11 is 1.32. The molecule has 34 heavy (non-hydrogen) atoms. The standard InChI is InChI=1S/C24H29N5O3S2/c1-24(21-9-5-13-33-21,22(30)27-15-17-6-4-12-29(16-17)23(25)26)28-34(31,32)20-11-10-18-7-2-3-8-19(18)14-20/h2-3,5,7-11,13-14,17,28H,4,6,12,15-16H2,1H3,(H3,25,26)(H,27,30)/t17?,24-/m0/s1. The Kier molecular flexibility index (Phi) is 6.92. The van der Waals surface area contributed by atoms with E-state index in [9.17, 15) is 13.2 Å². The Bertz CT molecular complexity index is 1290. The van der Waals surface area contributed by atoms with E-state index < -0.39 is 21.5 Å². The van der Waals surface area contributed by atoms with Crippen molar-refractivity contribution in [2.24, 2.45) is 11.7 Å². The number of likely N-dealkylation sites (tertiary alicyclic amines) is 1. The van der Waals surface area contributed by atoms with Gasteiger partial charge in [-0.05, 0) is 60.0 Å². The summed E-state index contributed by atoms with van der Waals surface area (Å²) < 4.78 is 29.4. The van der Waals surface area contributed by atoms with Crippen LogP contribution in [-0.2, 0) is 20.4 Å². The summed E-state index contributed by atoms with van der Waals surface area (Å²) in [6, 6.07) is 16.0. The topological polar surface area (TPSA) is 128 Å². The lowest BCUT2D eigenvalue weighted by molar-refractivity contribution is -0.126. The normalized spacial score (nSPS) is 18.4. The molecular weight excluding hydrogens is 470 g/mol. The van der Waals surface area contributed by atoms with E-state index in [4.69, 9.17) is 11.1 Å². The number of carbonyl (C=O) groups excluding carboxylic acids is 1. The van der Waals surface area contributed by atoms with Crippen molar-refractivity contribution >= 4 is 44.0 Å². The number of thiophene rings is 1. The van der Waals surface area contributed by atoms with Gasteiger partial charge in [0, 0.05) is 24.5 Å². The molecule has 1 unspecified atom stereocenters. The van der Waals surface area contributed by atoms with E-state index in [1.165, 1.54) is 11.3 Å². The van der Waals surface area contributed by atoms with Crippen LogP contribution in [0.15, 0.2) is 64.9 Å². The Morgan fingerprint density at radius 2 is 1.97 bits per heavy atom. The van der Waals surface area contributed by atoms with Crippen molar-refractivity contribution in [1.82, 2.24) is 14.9 Å². The zero-order valence-corrected chi connectivity index (χ0v) is 20.6. The molecule has 1 saturated heterocycles. The molecule has 1 amide bonds. The number of hydrogen-bond donors (Lipinski definition) is 4. The smallest absolute Gasteiger partial charge is 0.246 e. The molecule has 0 bridgehead atoms. The lowest BCUT2D eigenvalue weighted by atomic mass is 9.96. The molecule has 0 saturated carbocycles. The number of sulfonamides is 1. The number of fused-ring (bicyclic) bond motifs is 1. The number of carbonyl (C=O) groups is 1. The molecule has 1 fully saturated rings. The fourth-order valence-electron chi connectivity index (χ4n) is 4.30. The second-order valence-corrected chi connectivity index (χ2v) is 11.4. The maximum atomic E-state index is 13.4. The van der Waals surface area contributed by atoms with Crippen LogP contribution in [-0.4, -0.2) is 44.8 Å². The van der Waals surface area contributed by atoms with Gasteiger partial charge in [0.05, 0.1) is 4.90 Å². The van der Waals surface area contributed by atoms with Gasteiger partial charge in [-0.3, -0.25) is 10.2 Å². The van der Waals surface area contributed by atoms with E-state index in [1.807, 2.05) is 29.6 Å². The minimum atomic E-state index is -4.00. The van der Waals surface area contributed by atoms with Crippen LogP contribution in [0, 0.1) is 11.3 Å². The molecule has 2 atom stereocenters. The lowest BCUT2D eigenvalue weighted by Gasteiger charge is -2.34. The van der Waals surface area contributed by atoms with Crippen molar-refractivity contribution in [3.8, 4) is 0 Å². The van der Waals surface area contributed by atoms with Gasteiger partial charge in [-0.1, -0.05) is 36.4 Å². The number of guanidine groups is 1. The monoisotopic (exact) mass is 499 g/mol. The zero-order chi connectivity index (χ0) is 24.3. The van der Waals surface area contributed by atoms with Crippen molar-refractivity contribution in [3.63, 3.8) is 0 Å². The molecule has 1 aromatic heterocycles. The van der Waals surface area contributed by atoms with Crippen LogP contribution in [0.1, 0.15) is 24.6 Å². The Morgan fingerprint density at radius 3 is 2.68 bits per heavy atom. The number of amides is 1. The highest BCUT2D eigenvalue weighted by Gasteiger charge is 2.41. The molecule has 0 aliphatic carbocycles. The first-order valence-corrected chi connectivity index (χ1v) is 13.5. The van der Waals surface area contributed by atoms with Gasteiger partial charge in [0.1, 0.15) is 5.54 Å². The maximum absolute atomic E-state index is 13.4. The summed E-state index contributed by atoms with van der Waals surface area (Å²) in [5.41, 5.74) is 4.15. The Labute approximate surface area is 203 Å². The van der Waals surface area contributed by atoms with Crippen molar-refractivity contribution in [2.75, 3.05) is 19.6 Å². The Hall–Kier alpha value is -2.95. The molecular formula is C24H29N5O3S2. The number of piperidine rings is 1. The largest absolute Gasteiger partial charge is 0.370 e. The van der Waals surface area contributed by atoms with Gasteiger partial charge in [0.2, 0.25) is 15.9 Å². The van der Waals surface area contributed by atoms with E-state index in [0.29, 0.717) is 18.0 Å². The zero-order valence-electron chi connectivity index (χ0n) is 19.0. The van der Waals surface area contributed by atoms with Crippen LogP contribution >= 0.6 is 11.3 Å². The van der Waals surface area contributed by atoms with Gasteiger partial charge in [-0.2, -0.15) is 4.72 Å². The Morgan fingerprint density at radius 1 is 1.21 bits per heavy atom. The fourth-order valence-corrected chi connectivity index (χ4v) is 6.59. The third-order valence-electron chi connectivity index (χ3n) is 6.25. The second kappa shape index (κ2) is 9.73. The van der Waals surface area contributed by atoms with Gasteiger partial charge >= 0.3 is 0 Å². The van der Waals surface area contributed by atoms with Gasteiger partial charge in [0.25, 0.3) is 0 Å². The number of benzene rings is 2. The van der Waals surface area contributed by atoms with Crippen LogP contribution in [0.2, 0.25) is 0 Å². The molecule has 10 heteroatoms. The highest BCUT2D eigenvalue weighted by molar-refractivity contribution is 7.89.